The molecule has 0 unspecified atom stereocenters. The molecule has 3 rings (SSSR count). The minimum atomic E-state index is -0.151. The first kappa shape index (κ1) is 19.8. The first-order valence-electron chi connectivity index (χ1n) is 8.73. The van der Waals surface area contributed by atoms with Gasteiger partial charge in [0.25, 0.3) is 5.91 Å². The zero-order valence-electron chi connectivity index (χ0n) is 14.8. The molecule has 0 aromatic heterocycles. The Labute approximate surface area is 168 Å². The first-order valence-corrected chi connectivity index (χ1v) is 9.95. The lowest BCUT2D eigenvalue weighted by molar-refractivity contribution is -0.128. The zero-order chi connectivity index (χ0) is 19.1. The average molecular weight is 404 g/mol. The van der Waals surface area contributed by atoms with Gasteiger partial charge >= 0.3 is 0 Å². The number of nitrogens with one attached hydrogen (secondary N) is 1. The Morgan fingerprint density at radius 3 is 2.74 bits per heavy atom. The molecule has 1 aromatic rings. The molecule has 1 aromatic carbocycles. The highest BCUT2D eigenvalue weighted by atomic mass is 32.2. The molecule has 1 N–H and O–H groups in total. The number of benzene rings is 1. The van der Waals surface area contributed by atoms with Gasteiger partial charge in [0.2, 0.25) is 5.91 Å². The van der Waals surface area contributed by atoms with Crippen molar-refractivity contribution in [2.24, 2.45) is 0 Å². The van der Waals surface area contributed by atoms with Gasteiger partial charge in [0.15, 0.2) is 0 Å². The van der Waals surface area contributed by atoms with Crippen LogP contribution in [0.2, 0.25) is 0 Å². The molecule has 0 atom stereocenters. The molecule has 0 radical (unpaired) electrons. The van der Waals surface area contributed by atoms with Crippen LogP contribution in [0.1, 0.15) is 12.0 Å². The highest BCUT2D eigenvalue weighted by molar-refractivity contribution is 8.26. The molecule has 2 aliphatic heterocycles. The molecule has 27 heavy (non-hydrogen) atoms. The van der Waals surface area contributed by atoms with Gasteiger partial charge in [-0.15, -0.1) is 0 Å². The van der Waals surface area contributed by atoms with Crippen LogP contribution in [0.15, 0.2) is 47.4 Å². The third-order valence-corrected chi connectivity index (χ3v) is 5.46. The monoisotopic (exact) mass is 403 g/mol. The third kappa shape index (κ3) is 5.74. The largest absolute Gasteiger partial charge is 0.379 e. The number of thioether (sulfide) groups is 1. The lowest BCUT2D eigenvalue weighted by Crippen LogP contribution is -2.49. The SMILES string of the molecule is O=C(CCN1C(=O)/C(=C/C=C/c2ccccc2)SC1=S)NN1CCOCC1. The number of hydrazine groups is 1. The van der Waals surface area contributed by atoms with Gasteiger partial charge in [-0.1, -0.05) is 66.5 Å². The zero-order valence-corrected chi connectivity index (χ0v) is 16.4. The fourth-order valence-electron chi connectivity index (χ4n) is 2.64. The van der Waals surface area contributed by atoms with Crippen molar-refractivity contribution < 1.29 is 14.3 Å². The van der Waals surface area contributed by atoms with Crippen LogP contribution >= 0.6 is 24.0 Å². The van der Waals surface area contributed by atoms with Crippen LogP contribution in [0.4, 0.5) is 0 Å². The van der Waals surface area contributed by atoms with Crippen LogP contribution < -0.4 is 5.43 Å². The number of hydrogen-bond acceptors (Lipinski definition) is 6. The number of hydrogen-bond donors (Lipinski definition) is 1. The maximum Gasteiger partial charge on any atom is 0.266 e. The molecule has 2 fully saturated rings. The van der Waals surface area contributed by atoms with E-state index in [1.165, 1.54) is 16.7 Å². The van der Waals surface area contributed by atoms with E-state index in [0.717, 1.165) is 5.56 Å². The Morgan fingerprint density at radius 1 is 1.26 bits per heavy atom. The summed E-state index contributed by atoms with van der Waals surface area (Å²) in [6, 6.07) is 9.85. The summed E-state index contributed by atoms with van der Waals surface area (Å²) in [5, 5.41) is 1.84. The first-order chi connectivity index (χ1) is 13.1. The Morgan fingerprint density at radius 2 is 2.00 bits per heavy atom. The van der Waals surface area contributed by atoms with E-state index in [2.05, 4.69) is 5.43 Å². The van der Waals surface area contributed by atoms with Crippen LogP contribution in [0, 0.1) is 0 Å². The molecule has 6 nitrogen and oxygen atoms in total. The van der Waals surface area contributed by atoms with Gasteiger partial charge in [-0.25, -0.2) is 5.01 Å². The van der Waals surface area contributed by atoms with Gasteiger partial charge in [0, 0.05) is 26.1 Å². The minimum absolute atomic E-state index is 0.126. The van der Waals surface area contributed by atoms with Crippen molar-refractivity contribution >= 4 is 46.2 Å². The summed E-state index contributed by atoms with van der Waals surface area (Å²) in [5.41, 5.74) is 3.90. The molecule has 2 amide bonds. The van der Waals surface area contributed by atoms with E-state index < -0.39 is 0 Å². The normalized spacial score (nSPS) is 20.0. The van der Waals surface area contributed by atoms with E-state index >= 15 is 0 Å². The van der Waals surface area contributed by atoms with Crippen LogP contribution in [0.3, 0.4) is 0 Å². The maximum absolute atomic E-state index is 12.5. The number of nitrogens with zero attached hydrogens (tertiary/aromatic N) is 2. The van der Waals surface area contributed by atoms with Crippen LogP contribution in [0.5, 0.6) is 0 Å². The molecule has 142 valence electrons. The molecule has 0 bridgehead atoms. The smallest absolute Gasteiger partial charge is 0.266 e. The van der Waals surface area contributed by atoms with E-state index in [1.807, 2.05) is 47.5 Å². The number of allylic oxidation sites excluding steroid dienone is 2. The standard InChI is InChI=1S/C19H21N3O3S2/c23-17(20-21-11-13-25-14-12-21)9-10-22-18(24)16(27-19(22)26)8-4-7-15-5-2-1-3-6-15/h1-8H,9-14H2,(H,20,23)/b7-4+,16-8-. The number of thiocarbonyl (C=S) groups is 1. The molecule has 8 heteroatoms. The lowest BCUT2D eigenvalue weighted by atomic mass is 10.2. The Balaban J connectivity index is 1.50. The number of rotatable bonds is 6. The third-order valence-electron chi connectivity index (χ3n) is 4.07. The van der Waals surface area contributed by atoms with Crippen molar-refractivity contribution in [3.8, 4) is 0 Å². The van der Waals surface area contributed by atoms with E-state index in [1.54, 1.807) is 6.08 Å². The summed E-state index contributed by atoms with van der Waals surface area (Å²) in [5.74, 6) is -0.277. The number of carbonyl (C=O) groups is 2. The molecular weight excluding hydrogens is 382 g/mol. The average Bonchev–Trinajstić information content (AvgIpc) is 2.95. The lowest BCUT2D eigenvalue weighted by Gasteiger charge is -2.27. The second-order valence-corrected chi connectivity index (χ2v) is 7.69. The van der Waals surface area contributed by atoms with E-state index in [-0.39, 0.29) is 24.8 Å². The molecule has 0 aliphatic carbocycles. The summed E-state index contributed by atoms with van der Waals surface area (Å²) in [6.45, 7) is 2.83. The minimum Gasteiger partial charge on any atom is -0.379 e. The highest BCUT2D eigenvalue weighted by Crippen LogP contribution is 2.31. The predicted molar refractivity (Wildman–Crippen MR) is 111 cm³/mol. The van der Waals surface area contributed by atoms with Gasteiger partial charge in [-0.3, -0.25) is 19.9 Å². The van der Waals surface area contributed by atoms with Gasteiger partial charge in [0.1, 0.15) is 4.32 Å². The second kappa shape index (κ2) is 9.80. The van der Waals surface area contributed by atoms with Crippen molar-refractivity contribution in [3.63, 3.8) is 0 Å². The Bertz CT molecular complexity index is 759. The fraction of sp³-hybridized carbons (Fsp3) is 0.316. The summed E-state index contributed by atoms with van der Waals surface area (Å²) < 4.78 is 5.73. The molecule has 2 aliphatic rings. The van der Waals surface area contributed by atoms with Crippen LogP contribution in [-0.2, 0) is 14.3 Å². The van der Waals surface area contributed by atoms with Crippen molar-refractivity contribution in [3.05, 3.63) is 53.0 Å². The molecule has 0 spiro atoms. The fourth-order valence-corrected chi connectivity index (χ4v) is 3.90. The van der Waals surface area contributed by atoms with Crippen molar-refractivity contribution in [2.45, 2.75) is 6.42 Å². The second-order valence-electron chi connectivity index (χ2n) is 6.01. The van der Waals surface area contributed by atoms with Crippen LogP contribution in [0.25, 0.3) is 6.08 Å². The topological polar surface area (TPSA) is 61.9 Å². The quantitative estimate of drug-likeness (QED) is 0.580. The number of ether oxygens (including phenoxy) is 1. The van der Waals surface area contributed by atoms with Crippen LogP contribution in [-0.4, -0.2) is 58.9 Å². The van der Waals surface area contributed by atoms with Gasteiger partial charge < -0.3 is 4.74 Å². The highest BCUT2D eigenvalue weighted by Gasteiger charge is 2.31. The summed E-state index contributed by atoms with van der Waals surface area (Å²) >= 11 is 6.56. The van der Waals surface area contributed by atoms with Crippen molar-refractivity contribution in [1.82, 2.24) is 15.3 Å². The Hall–Kier alpha value is -2.00. The molecule has 2 heterocycles. The van der Waals surface area contributed by atoms with Crippen molar-refractivity contribution in [1.29, 1.82) is 0 Å². The number of morpholine rings is 1. The van der Waals surface area contributed by atoms with Gasteiger partial charge in [0.05, 0.1) is 18.1 Å². The Kier molecular flexibility index (Phi) is 7.17. The summed E-state index contributed by atoms with van der Waals surface area (Å²) in [7, 11) is 0. The molecule has 2 saturated heterocycles. The molecule has 0 saturated carbocycles. The predicted octanol–water partition coefficient (Wildman–Crippen LogP) is 2.20. The number of amides is 2. The maximum atomic E-state index is 12.5. The number of carbonyl (C=O) groups excluding carboxylic acids is 2. The summed E-state index contributed by atoms with van der Waals surface area (Å²) in [6.07, 6.45) is 5.74. The van der Waals surface area contributed by atoms with Gasteiger partial charge in [-0.2, -0.15) is 0 Å². The van der Waals surface area contributed by atoms with Crippen molar-refractivity contribution in [2.75, 3.05) is 32.8 Å². The van der Waals surface area contributed by atoms with E-state index in [9.17, 15) is 9.59 Å². The molecular formula is C19H21N3O3S2. The van der Waals surface area contributed by atoms with E-state index in [4.69, 9.17) is 17.0 Å². The van der Waals surface area contributed by atoms with E-state index in [0.29, 0.717) is 35.5 Å². The van der Waals surface area contributed by atoms with Gasteiger partial charge in [-0.05, 0) is 11.6 Å². The summed E-state index contributed by atoms with van der Waals surface area (Å²) in [4.78, 5) is 26.7.